The van der Waals surface area contributed by atoms with Crippen molar-refractivity contribution in [3.05, 3.63) is 71.8 Å². The van der Waals surface area contributed by atoms with Crippen molar-refractivity contribution in [2.75, 3.05) is 13.1 Å². The third kappa shape index (κ3) is 4.42. The standard InChI is InChI=1S/C19H26N2/c1-16(2)19(18-11-7-4-8-12-18)21(14-13-20)15-17-9-5-3-6-10-17/h3-12,16,19H,13-15,20H2,1-2H3. The van der Waals surface area contributed by atoms with Crippen molar-refractivity contribution in [3.8, 4) is 0 Å². The maximum Gasteiger partial charge on any atom is 0.0375 e. The van der Waals surface area contributed by atoms with E-state index in [-0.39, 0.29) is 0 Å². The first-order valence-corrected chi connectivity index (χ1v) is 7.75. The minimum absolute atomic E-state index is 0.398. The lowest BCUT2D eigenvalue weighted by atomic mass is 9.94. The van der Waals surface area contributed by atoms with Crippen LogP contribution in [0.4, 0.5) is 0 Å². The Morgan fingerprint density at radius 2 is 1.48 bits per heavy atom. The fraction of sp³-hybridized carbons (Fsp3) is 0.368. The van der Waals surface area contributed by atoms with E-state index in [1.54, 1.807) is 0 Å². The second kappa shape index (κ2) is 7.96. The van der Waals surface area contributed by atoms with E-state index in [1.807, 2.05) is 0 Å². The smallest absolute Gasteiger partial charge is 0.0375 e. The molecule has 0 aliphatic carbocycles. The average molecular weight is 282 g/mol. The van der Waals surface area contributed by atoms with Gasteiger partial charge in [0.15, 0.2) is 0 Å². The highest BCUT2D eigenvalue weighted by molar-refractivity contribution is 5.21. The molecule has 2 nitrogen and oxygen atoms in total. The fourth-order valence-corrected chi connectivity index (χ4v) is 2.97. The molecule has 0 saturated carbocycles. The molecule has 2 heteroatoms. The highest BCUT2D eigenvalue weighted by Gasteiger charge is 2.23. The van der Waals surface area contributed by atoms with Gasteiger partial charge in [0, 0.05) is 25.7 Å². The summed E-state index contributed by atoms with van der Waals surface area (Å²) in [6, 6.07) is 21.8. The van der Waals surface area contributed by atoms with Crippen LogP contribution < -0.4 is 5.73 Å². The molecule has 21 heavy (non-hydrogen) atoms. The van der Waals surface area contributed by atoms with E-state index in [0.29, 0.717) is 18.5 Å². The molecule has 2 aromatic rings. The number of hydrogen-bond donors (Lipinski definition) is 1. The van der Waals surface area contributed by atoms with Crippen LogP contribution in [0.15, 0.2) is 60.7 Å². The molecule has 0 aliphatic rings. The second-order valence-corrected chi connectivity index (χ2v) is 5.84. The summed E-state index contributed by atoms with van der Waals surface area (Å²) in [7, 11) is 0. The summed E-state index contributed by atoms with van der Waals surface area (Å²) >= 11 is 0. The predicted molar refractivity (Wildman–Crippen MR) is 89.9 cm³/mol. The normalized spacial score (nSPS) is 12.8. The summed E-state index contributed by atoms with van der Waals surface area (Å²) in [5.74, 6) is 0.544. The maximum absolute atomic E-state index is 5.86. The molecular weight excluding hydrogens is 256 g/mol. The summed E-state index contributed by atoms with van der Waals surface area (Å²) in [5, 5.41) is 0. The summed E-state index contributed by atoms with van der Waals surface area (Å²) in [5.41, 5.74) is 8.57. The van der Waals surface area contributed by atoms with Crippen molar-refractivity contribution in [2.45, 2.75) is 26.4 Å². The van der Waals surface area contributed by atoms with Crippen LogP contribution in [0, 0.1) is 5.92 Å². The lowest BCUT2D eigenvalue weighted by molar-refractivity contribution is 0.151. The molecule has 1 unspecified atom stereocenters. The highest BCUT2D eigenvalue weighted by Crippen LogP contribution is 2.29. The molecule has 0 amide bonds. The lowest BCUT2D eigenvalue weighted by Crippen LogP contribution is -2.35. The molecule has 0 radical (unpaired) electrons. The quantitative estimate of drug-likeness (QED) is 0.836. The maximum atomic E-state index is 5.86. The van der Waals surface area contributed by atoms with Crippen LogP contribution in [0.3, 0.4) is 0 Å². The van der Waals surface area contributed by atoms with Gasteiger partial charge in [-0.25, -0.2) is 0 Å². The highest BCUT2D eigenvalue weighted by atomic mass is 15.2. The number of benzene rings is 2. The first kappa shape index (κ1) is 15.7. The number of hydrogen-bond acceptors (Lipinski definition) is 2. The fourth-order valence-electron chi connectivity index (χ4n) is 2.97. The van der Waals surface area contributed by atoms with Gasteiger partial charge in [0.2, 0.25) is 0 Å². The Balaban J connectivity index is 2.25. The van der Waals surface area contributed by atoms with E-state index in [2.05, 4.69) is 79.4 Å². The van der Waals surface area contributed by atoms with Crippen molar-refractivity contribution in [1.82, 2.24) is 4.90 Å². The zero-order valence-corrected chi connectivity index (χ0v) is 13.1. The first-order chi connectivity index (χ1) is 10.2. The van der Waals surface area contributed by atoms with Crippen molar-refractivity contribution in [2.24, 2.45) is 11.7 Å². The Labute approximate surface area is 128 Å². The zero-order valence-electron chi connectivity index (χ0n) is 13.1. The molecule has 0 heterocycles. The largest absolute Gasteiger partial charge is 0.329 e. The summed E-state index contributed by atoms with van der Waals surface area (Å²) in [4.78, 5) is 2.50. The first-order valence-electron chi connectivity index (χ1n) is 7.75. The van der Waals surface area contributed by atoms with E-state index < -0.39 is 0 Å². The van der Waals surface area contributed by atoms with Gasteiger partial charge in [0.05, 0.1) is 0 Å². The minimum Gasteiger partial charge on any atom is -0.329 e. The molecule has 0 aliphatic heterocycles. The third-order valence-electron chi connectivity index (χ3n) is 3.81. The SMILES string of the molecule is CC(C)C(c1ccccc1)N(CCN)Cc1ccccc1. The predicted octanol–water partition coefficient (Wildman–Crippen LogP) is 3.84. The summed E-state index contributed by atoms with van der Waals surface area (Å²) < 4.78 is 0. The van der Waals surface area contributed by atoms with Crippen LogP contribution in [0.5, 0.6) is 0 Å². The Morgan fingerprint density at radius 1 is 0.905 bits per heavy atom. The van der Waals surface area contributed by atoms with E-state index in [4.69, 9.17) is 5.73 Å². The monoisotopic (exact) mass is 282 g/mol. The second-order valence-electron chi connectivity index (χ2n) is 5.84. The van der Waals surface area contributed by atoms with Gasteiger partial charge < -0.3 is 5.73 Å². The van der Waals surface area contributed by atoms with Gasteiger partial charge in [-0.3, -0.25) is 4.90 Å². The van der Waals surface area contributed by atoms with E-state index >= 15 is 0 Å². The van der Waals surface area contributed by atoms with Crippen molar-refractivity contribution >= 4 is 0 Å². The average Bonchev–Trinajstić information content (AvgIpc) is 2.49. The van der Waals surface area contributed by atoms with Gasteiger partial charge >= 0.3 is 0 Å². The Kier molecular flexibility index (Phi) is 5.97. The Morgan fingerprint density at radius 3 is 2.00 bits per heavy atom. The van der Waals surface area contributed by atoms with E-state index in [0.717, 1.165) is 13.1 Å². The molecule has 112 valence electrons. The third-order valence-corrected chi connectivity index (χ3v) is 3.81. The number of rotatable bonds is 7. The van der Waals surface area contributed by atoms with Gasteiger partial charge in [-0.15, -0.1) is 0 Å². The van der Waals surface area contributed by atoms with Crippen LogP contribution in [0.25, 0.3) is 0 Å². The van der Waals surface area contributed by atoms with Crippen molar-refractivity contribution < 1.29 is 0 Å². The van der Waals surface area contributed by atoms with Crippen LogP contribution in [0.1, 0.15) is 31.0 Å². The van der Waals surface area contributed by atoms with Gasteiger partial charge in [-0.2, -0.15) is 0 Å². The number of nitrogens with zero attached hydrogens (tertiary/aromatic N) is 1. The Bertz CT molecular complexity index is 508. The molecule has 1 atom stereocenters. The molecule has 2 rings (SSSR count). The topological polar surface area (TPSA) is 29.3 Å². The molecule has 0 bridgehead atoms. The summed E-state index contributed by atoms with van der Waals surface area (Å²) in [6.07, 6.45) is 0. The van der Waals surface area contributed by atoms with Crippen molar-refractivity contribution in [1.29, 1.82) is 0 Å². The van der Waals surface area contributed by atoms with Crippen molar-refractivity contribution in [3.63, 3.8) is 0 Å². The molecule has 0 spiro atoms. The number of nitrogens with two attached hydrogens (primary N) is 1. The Hall–Kier alpha value is -1.64. The van der Waals surface area contributed by atoms with E-state index in [1.165, 1.54) is 11.1 Å². The molecule has 2 N–H and O–H groups in total. The minimum atomic E-state index is 0.398. The van der Waals surface area contributed by atoms with Gasteiger partial charge in [0.1, 0.15) is 0 Å². The van der Waals surface area contributed by atoms with Gasteiger partial charge in [-0.05, 0) is 17.0 Å². The zero-order chi connectivity index (χ0) is 15.1. The van der Waals surface area contributed by atoms with Crippen LogP contribution >= 0.6 is 0 Å². The molecule has 0 fully saturated rings. The van der Waals surface area contributed by atoms with Gasteiger partial charge in [0.25, 0.3) is 0 Å². The van der Waals surface area contributed by atoms with Crippen LogP contribution in [-0.4, -0.2) is 18.0 Å². The molecular formula is C19H26N2. The summed E-state index contributed by atoms with van der Waals surface area (Å²) in [6.45, 7) is 7.10. The van der Waals surface area contributed by atoms with Crippen LogP contribution in [-0.2, 0) is 6.54 Å². The molecule has 0 aromatic heterocycles. The van der Waals surface area contributed by atoms with E-state index in [9.17, 15) is 0 Å². The molecule has 0 saturated heterocycles. The van der Waals surface area contributed by atoms with Crippen LogP contribution in [0.2, 0.25) is 0 Å². The molecule has 2 aromatic carbocycles. The van der Waals surface area contributed by atoms with Gasteiger partial charge in [-0.1, -0.05) is 74.5 Å². The lowest BCUT2D eigenvalue weighted by Gasteiger charge is -2.34.